The number of hydrogen-bond acceptors (Lipinski definition) is 7. The molecule has 1 aromatic carbocycles. The summed E-state index contributed by atoms with van der Waals surface area (Å²) in [6, 6.07) is 6.34. The number of hydrogen-bond donors (Lipinski definition) is 3. The lowest BCUT2D eigenvalue weighted by molar-refractivity contribution is -0.144. The second-order valence-corrected chi connectivity index (χ2v) is 8.57. The molecule has 2 atom stereocenters. The van der Waals surface area contributed by atoms with Gasteiger partial charge in [-0.3, -0.25) is 14.4 Å². The Morgan fingerprint density at radius 2 is 1.74 bits per heavy atom. The molecule has 0 aromatic heterocycles. The van der Waals surface area contributed by atoms with Crippen molar-refractivity contribution in [1.29, 1.82) is 0 Å². The zero-order chi connectivity index (χ0) is 25.7. The van der Waals surface area contributed by atoms with E-state index in [0.29, 0.717) is 12.0 Å². The van der Waals surface area contributed by atoms with Crippen LogP contribution in [-0.2, 0) is 23.9 Å². The van der Waals surface area contributed by atoms with Gasteiger partial charge in [0.1, 0.15) is 17.7 Å². The summed E-state index contributed by atoms with van der Waals surface area (Å²) in [5.74, 6) is -1.57. The molecule has 190 valence electrons. The fraction of sp³-hybridized carbons (Fsp3) is 0.583. The summed E-state index contributed by atoms with van der Waals surface area (Å²) in [5.41, 5.74) is -0.242. The van der Waals surface area contributed by atoms with Gasteiger partial charge >= 0.3 is 12.1 Å². The molecule has 3 N–H and O–H groups in total. The minimum atomic E-state index is -1.31. The summed E-state index contributed by atoms with van der Waals surface area (Å²) < 4.78 is 10.1. The lowest BCUT2D eigenvalue weighted by Gasteiger charge is -2.34. The Balaban J connectivity index is 3.15. The molecule has 0 spiro atoms. The maximum atomic E-state index is 13.4. The number of alkyl carbamates (subject to hydrolysis) is 1. The van der Waals surface area contributed by atoms with Crippen molar-refractivity contribution in [1.82, 2.24) is 15.5 Å². The van der Waals surface area contributed by atoms with Gasteiger partial charge in [0, 0.05) is 13.1 Å². The van der Waals surface area contributed by atoms with E-state index in [4.69, 9.17) is 9.47 Å². The predicted molar refractivity (Wildman–Crippen MR) is 126 cm³/mol. The minimum Gasteiger partial charge on any atom is -0.466 e. The fourth-order valence-corrected chi connectivity index (χ4v) is 3.17. The first-order valence-corrected chi connectivity index (χ1v) is 11.4. The van der Waals surface area contributed by atoms with Gasteiger partial charge in [-0.25, -0.2) is 4.79 Å². The van der Waals surface area contributed by atoms with Gasteiger partial charge in [0.2, 0.25) is 11.8 Å². The maximum Gasteiger partial charge on any atom is 0.408 e. The number of amides is 3. The van der Waals surface area contributed by atoms with Crippen LogP contribution in [0, 0.1) is 0 Å². The number of nitrogens with one attached hydrogen (secondary N) is 2. The largest absolute Gasteiger partial charge is 0.466 e. The van der Waals surface area contributed by atoms with Gasteiger partial charge in [-0.15, -0.1) is 0 Å². The summed E-state index contributed by atoms with van der Waals surface area (Å²) in [4.78, 5) is 51.7. The van der Waals surface area contributed by atoms with Gasteiger partial charge in [0.25, 0.3) is 0 Å². The lowest BCUT2D eigenvalue weighted by atomic mass is 10.0. The van der Waals surface area contributed by atoms with Gasteiger partial charge in [0.05, 0.1) is 19.6 Å². The van der Waals surface area contributed by atoms with Crippen molar-refractivity contribution in [3.8, 4) is 0 Å². The molecule has 3 amide bonds. The first kappa shape index (κ1) is 28.9. The molecule has 34 heavy (non-hydrogen) atoms. The number of benzene rings is 1. The van der Waals surface area contributed by atoms with Crippen LogP contribution in [0.4, 0.5) is 4.79 Å². The number of carbonyl (C=O) groups is 4. The molecule has 1 aromatic rings. The predicted octanol–water partition coefficient (Wildman–Crippen LogP) is 1.92. The molecule has 0 fully saturated rings. The van der Waals surface area contributed by atoms with Gasteiger partial charge in [-0.05, 0) is 39.7 Å². The van der Waals surface area contributed by atoms with Gasteiger partial charge in [0.15, 0.2) is 0 Å². The van der Waals surface area contributed by atoms with Crippen LogP contribution in [0.1, 0.15) is 59.1 Å². The highest BCUT2D eigenvalue weighted by atomic mass is 16.6. The van der Waals surface area contributed by atoms with Crippen LogP contribution in [-0.4, -0.2) is 71.8 Å². The Kier molecular flexibility index (Phi) is 12.1. The van der Waals surface area contributed by atoms with Crippen molar-refractivity contribution in [2.24, 2.45) is 0 Å². The molecule has 0 radical (unpaired) electrons. The highest BCUT2D eigenvalue weighted by Crippen LogP contribution is 2.23. The van der Waals surface area contributed by atoms with Crippen LogP contribution in [0.3, 0.4) is 0 Å². The summed E-state index contributed by atoms with van der Waals surface area (Å²) in [7, 11) is 0. The zero-order valence-corrected chi connectivity index (χ0v) is 20.6. The van der Waals surface area contributed by atoms with Crippen molar-refractivity contribution in [2.45, 2.75) is 65.1 Å². The third-order valence-corrected chi connectivity index (χ3v) is 4.53. The average Bonchev–Trinajstić information content (AvgIpc) is 2.76. The van der Waals surface area contributed by atoms with E-state index in [1.165, 1.54) is 4.90 Å². The number of aliphatic hydroxyl groups excluding tert-OH is 1. The Morgan fingerprint density at radius 3 is 2.26 bits per heavy atom. The Labute approximate surface area is 201 Å². The summed E-state index contributed by atoms with van der Waals surface area (Å²) in [6.45, 7) is 8.36. The molecule has 0 bridgehead atoms. The Hall–Kier alpha value is -3.14. The standard InChI is InChI=1S/C24H37N3O7/c1-6-15-27(22(31)18(16-28)26-23(32)34-24(3,4)5)20(17-11-9-8-10-12-17)21(30)25-14-13-19(29)33-7-2/h8-12,18,20,28H,6-7,13-16H2,1-5H3,(H,25,30)(H,26,32). The van der Waals surface area contributed by atoms with Crippen LogP contribution < -0.4 is 10.6 Å². The molecule has 0 aliphatic heterocycles. The molecule has 0 aliphatic rings. The molecule has 0 saturated heterocycles. The van der Waals surface area contributed by atoms with E-state index >= 15 is 0 Å². The number of aliphatic hydroxyl groups is 1. The molecule has 0 heterocycles. The third kappa shape index (κ3) is 9.78. The first-order chi connectivity index (χ1) is 16.0. The third-order valence-electron chi connectivity index (χ3n) is 4.53. The zero-order valence-electron chi connectivity index (χ0n) is 20.6. The number of nitrogens with zero attached hydrogens (tertiary/aromatic N) is 1. The van der Waals surface area contributed by atoms with Crippen LogP contribution >= 0.6 is 0 Å². The van der Waals surface area contributed by atoms with Crippen molar-refractivity contribution < 1.29 is 33.8 Å². The number of rotatable bonds is 12. The highest BCUT2D eigenvalue weighted by molar-refractivity contribution is 5.92. The van der Waals surface area contributed by atoms with E-state index in [0.717, 1.165) is 0 Å². The molecule has 0 saturated carbocycles. The maximum absolute atomic E-state index is 13.4. The van der Waals surface area contributed by atoms with E-state index in [1.807, 2.05) is 6.92 Å². The van der Waals surface area contributed by atoms with Crippen LogP contribution in [0.5, 0.6) is 0 Å². The quantitative estimate of drug-likeness (QED) is 0.390. The smallest absolute Gasteiger partial charge is 0.408 e. The van der Waals surface area contributed by atoms with Crippen molar-refractivity contribution >= 4 is 23.9 Å². The minimum absolute atomic E-state index is 0.0116. The van der Waals surface area contributed by atoms with Gasteiger partial charge < -0.3 is 30.1 Å². The van der Waals surface area contributed by atoms with E-state index in [2.05, 4.69) is 10.6 Å². The van der Waals surface area contributed by atoms with Crippen molar-refractivity contribution in [3.63, 3.8) is 0 Å². The highest BCUT2D eigenvalue weighted by Gasteiger charge is 2.35. The molecular weight excluding hydrogens is 442 g/mol. The SMILES string of the molecule is CCCN(C(=O)C(CO)NC(=O)OC(C)(C)C)C(C(=O)NCCC(=O)OCC)c1ccccc1. The number of carbonyl (C=O) groups excluding carboxylic acids is 4. The molecule has 2 unspecified atom stereocenters. The number of esters is 1. The van der Waals surface area contributed by atoms with Crippen molar-refractivity contribution in [2.75, 3.05) is 26.3 Å². The summed E-state index contributed by atoms with van der Waals surface area (Å²) in [5, 5.41) is 14.9. The second-order valence-electron chi connectivity index (χ2n) is 8.57. The van der Waals surface area contributed by atoms with E-state index in [1.54, 1.807) is 58.0 Å². The van der Waals surface area contributed by atoms with Crippen LogP contribution in [0.2, 0.25) is 0 Å². The van der Waals surface area contributed by atoms with Gasteiger partial charge in [-0.1, -0.05) is 37.3 Å². The topological polar surface area (TPSA) is 134 Å². The van der Waals surface area contributed by atoms with E-state index in [9.17, 15) is 24.3 Å². The Morgan fingerprint density at radius 1 is 1.09 bits per heavy atom. The van der Waals surface area contributed by atoms with Crippen molar-refractivity contribution in [3.05, 3.63) is 35.9 Å². The average molecular weight is 480 g/mol. The van der Waals surface area contributed by atoms with E-state index < -0.39 is 48.2 Å². The molecule has 0 aliphatic carbocycles. The molecule has 10 nitrogen and oxygen atoms in total. The van der Waals surface area contributed by atoms with Crippen LogP contribution in [0.25, 0.3) is 0 Å². The fourth-order valence-electron chi connectivity index (χ4n) is 3.17. The lowest BCUT2D eigenvalue weighted by Crippen LogP contribution is -2.54. The Bertz CT molecular complexity index is 809. The summed E-state index contributed by atoms with van der Waals surface area (Å²) >= 11 is 0. The molecular formula is C24H37N3O7. The monoisotopic (exact) mass is 479 g/mol. The second kappa shape index (κ2) is 14.2. The normalized spacial score (nSPS) is 12.8. The van der Waals surface area contributed by atoms with E-state index in [-0.39, 0.29) is 26.1 Å². The van der Waals surface area contributed by atoms with Crippen LogP contribution in [0.15, 0.2) is 30.3 Å². The summed E-state index contributed by atoms with van der Waals surface area (Å²) in [6.07, 6.45) is -0.343. The van der Waals surface area contributed by atoms with Gasteiger partial charge in [-0.2, -0.15) is 0 Å². The molecule has 10 heteroatoms. The number of ether oxygens (including phenoxy) is 2. The molecule has 1 rings (SSSR count). The first-order valence-electron chi connectivity index (χ1n) is 11.4.